The average molecular weight is 312 g/mol. The molecule has 2 heterocycles. The van der Waals surface area contributed by atoms with Crippen molar-refractivity contribution in [3.05, 3.63) is 65.1 Å². The Morgan fingerprint density at radius 1 is 1.05 bits per heavy atom. The van der Waals surface area contributed by atoms with Crippen molar-refractivity contribution in [1.29, 1.82) is 0 Å². The van der Waals surface area contributed by atoms with Gasteiger partial charge < -0.3 is 5.32 Å². The average Bonchev–Trinajstić information content (AvgIpc) is 2.54. The van der Waals surface area contributed by atoms with Gasteiger partial charge in [-0.15, -0.1) is 5.10 Å². The molecule has 6 heteroatoms. The van der Waals surface area contributed by atoms with Crippen LogP contribution < -0.4 is 5.32 Å². The molecular formula is C16H14ClN5. The van der Waals surface area contributed by atoms with E-state index in [0.29, 0.717) is 17.5 Å². The predicted octanol–water partition coefficient (Wildman–Crippen LogP) is 3.51. The minimum Gasteiger partial charge on any atom is -0.347 e. The molecule has 1 aromatic carbocycles. The van der Waals surface area contributed by atoms with Crippen molar-refractivity contribution in [3.63, 3.8) is 0 Å². The highest BCUT2D eigenvalue weighted by atomic mass is 35.5. The van der Waals surface area contributed by atoms with E-state index in [1.807, 2.05) is 49.4 Å². The quantitative estimate of drug-likeness (QED) is 0.799. The number of anilines is 1. The van der Waals surface area contributed by atoms with Gasteiger partial charge in [-0.25, -0.2) is 4.98 Å². The number of rotatable bonds is 4. The first kappa shape index (κ1) is 14.4. The maximum Gasteiger partial charge on any atom is 0.243 e. The lowest BCUT2D eigenvalue weighted by atomic mass is 10.2. The lowest BCUT2D eigenvalue weighted by Crippen LogP contribution is -2.06. The summed E-state index contributed by atoms with van der Waals surface area (Å²) in [5.41, 5.74) is 3.59. The molecule has 5 nitrogen and oxygen atoms in total. The minimum absolute atomic E-state index is 0.468. The van der Waals surface area contributed by atoms with Crippen LogP contribution >= 0.6 is 11.6 Å². The second kappa shape index (κ2) is 6.49. The van der Waals surface area contributed by atoms with Crippen LogP contribution in [0.15, 0.2) is 48.7 Å². The molecule has 0 amide bonds. The van der Waals surface area contributed by atoms with E-state index in [-0.39, 0.29) is 0 Å². The molecule has 3 rings (SSSR count). The summed E-state index contributed by atoms with van der Waals surface area (Å²) in [5, 5.41) is 11.8. The maximum absolute atomic E-state index is 5.89. The summed E-state index contributed by atoms with van der Waals surface area (Å²) in [6, 6.07) is 13.3. The Labute approximate surface area is 133 Å². The van der Waals surface area contributed by atoms with E-state index in [1.54, 1.807) is 6.20 Å². The van der Waals surface area contributed by atoms with Gasteiger partial charge in [0.1, 0.15) is 0 Å². The van der Waals surface area contributed by atoms with Gasteiger partial charge in [-0.1, -0.05) is 29.8 Å². The second-order valence-electron chi connectivity index (χ2n) is 4.80. The normalized spacial score (nSPS) is 10.5. The van der Waals surface area contributed by atoms with Crippen molar-refractivity contribution in [2.24, 2.45) is 0 Å². The van der Waals surface area contributed by atoms with Gasteiger partial charge in [-0.05, 0) is 31.2 Å². The van der Waals surface area contributed by atoms with E-state index in [0.717, 1.165) is 22.6 Å². The van der Waals surface area contributed by atoms with E-state index >= 15 is 0 Å². The number of hydrogen-bond donors (Lipinski definition) is 1. The highest BCUT2D eigenvalue weighted by molar-refractivity contribution is 6.30. The van der Waals surface area contributed by atoms with Crippen LogP contribution in [0.1, 0.15) is 11.4 Å². The molecule has 22 heavy (non-hydrogen) atoms. The van der Waals surface area contributed by atoms with Crippen molar-refractivity contribution in [1.82, 2.24) is 20.2 Å². The predicted molar refractivity (Wildman–Crippen MR) is 86.6 cm³/mol. The first-order valence-electron chi connectivity index (χ1n) is 6.83. The number of pyridine rings is 1. The Hall–Kier alpha value is -2.53. The fourth-order valence-electron chi connectivity index (χ4n) is 2.01. The lowest BCUT2D eigenvalue weighted by molar-refractivity contribution is 0.929. The molecule has 0 unspecified atom stereocenters. The highest BCUT2D eigenvalue weighted by Gasteiger charge is 2.04. The van der Waals surface area contributed by atoms with Crippen molar-refractivity contribution >= 4 is 17.5 Å². The maximum atomic E-state index is 5.89. The Bertz CT molecular complexity index is 773. The van der Waals surface area contributed by atoms with E-state index in [4.69, 9.17) is 11.6 Å². The molecule has 1 N–H and O–H groups in total. The van der Waals surface area contributed by atoms with Gasteiger partial charge in [0.15, 0.2) is 0 Å². The van der Waals surface area contributed by atoms with E-state index in [2.05, 4.69) is 25.5 Å². The zero-order valence-corrected chi connectivity index (χ0v) is 12.7. The number of nitrogens with zero attached hydrogens (tertiary/aromatic N) is 4. The smallest absolute Gasteiger partial charge is 0.243 e. The van der Waals surface area contributed by atoms with Crippen LogP contribution in [-0.2, 0) is 6.54 Å². The summed E-state index contributed by atoms with van der Waals surface area (Å²) in [6.07, 6.45) is 1.62. The third kappa shape index (κ3) is 3.56. The van der Waals surface area contributed by atoms with Crippen molar-refractivity contribution < 1.29 is 0 Å². The van der Waals surface area contributed by atoms with E-state index in [9.17, 15) is 0 Å². The fraction of sp³-hybridized carbons (Fsp3) is 0.125. The van der Waals surface area contributed by atoms with Crippen molar-refractivity contribution in [3.8, 4) is 11.3 Å². The van der Waals surface area contributed by atoms with Crippen molar-refractivity contribution in [2.45, 2.75) is 13.5 Å². The SMILES string of the molecule is Cc1cccc(CNc2nncc(-c3ccc(Cl)cc3)n2)n1. The summed E-state index contributed by atoms with van der Waals surface area (Å²) in [7, 11) is 0. The Kier molecular flexibility index (Phi) is 4.25. The van der Waals surface area contributed by atoms with Crippen LogP contribution in [0.2, 0.25) is 5.02 Å². The molecule has 0 fully saturated rings. The molecule has 2 aromatic heterocycles. The molecular weight excluding hydrogens is 298 g/mol. The molecule has 0 spiro atoms. The van der Waals surface area contributed by atoms with Gasteiger partial charge in [0, 0.05) is 16.3 Å². The summed E-state index contributed by atoms with van der Waals surface area (Å²) in [4.78, 5) is 8.88. The molecule has 0 aliphatic heterocycles. The number of benzene rings is 1. The molecule has 0 radical (unpaired) electrons. The first-order chi connectivity index (χ1) is 10.7. The molecule has 0 atom stereocenters. The van der Waals surface area contributed by atoms with Crippen LogP contribution in [0.25, 0.3) is 11.3 Å². The van der Waals surface area contributed by atoms with Gasteiger partial charge in [0.05, 0.1) is 24.1 Å². The third-order valence-electron chi connectivity index (χ3n) is 3.07. The third-order valence-corrected chi connectivity index (χ3v) is 3.32. The molecule has 0 aliphatic carbocycles. The Morgan fingerprint density at radius 3 is 2.64 bits per heavy atom. The summed E-state index contributed by atoms with van der Waals surface area (Å²) in [5.74, 6) is 0.468. The van der Waals surface area contributed by atoms with Crippen LogP contribution in [0.5, 0.6) is 0 Å². The number of hydrogen-bond acceptors (Lipinski definition) is 5. The summed E-state index contributed by atoms with van der Waals surface area (Å²) < 4.78 is 0. The number of aryl methyl sites for hydroxylation is 1. The highest BCUT2D eigenvalue weighted by Crippen LogP contribution is 2.19. The topological polar surface area (TPSA) is 63.6 Å². The number of halogens is 1. The number of nitrogens with one attached hydrogen (secondary N) is 1. The van der Waals surface area contributed by atoms with Crippen LogP contribution in [0.3, 0.4) is 0 Å². The van der Waals surface area contributed by atoms with Crippen molar-refractivity contribution in [2.75, 3.05) is 5.32 Å². The largest absolute Gasteiger partial charge is 0.347 e. The zero-order valence-electron chi connectivity index (χ0n) is 12.0. The Balaban J connectivity index is 1.75. The minimum atomic E-state index is 0.468. The molecule has 0 aliphatic rings. The van der Waals surface area contributed by atoms with E-state index < -0.39 is 0 Å². The summed E-state index contributed by atoms with van der Waals surface area (Å²) in [6.45, 7) is 2.51. The van der Waals surface area contributed by atoms with Gasteiger partial charge in [-0.3, -0.25) is 4.98 Å². The van der Waals surface area contributed by atoms with Crippen LogP contribution in [0, 0.1) is 6.92 Å². The van der Waals surface area contributed by atoms with Gasteiger partial charge >= 0.3 is 0 Å². The van der Waals surface area contributed by atoms with Gasteiger partial charge in [-0.2, -0.15) is 5.10 Å². The molecule has 0 saturated carbocycles. The Morgan fingerprint density at radius 2 is 1.86 bits per heavy atom. The van der Waals surface area contributed by atoms with Gasteiger partial charge in [0.2, 0.25) is 5.95 Å². The van der Waals surface area contributed by atoms with Crippen LogP contribution in [0.4, 0.5) is 5.95 Å². The standard InChI is InChI=1S/C16H14ClN5/c1-11-3-2-4-14(20-11)9-18-16-21-15(10-19-22-16)12-5-7-13(17)8-6-12/h2-8,10H,9H2,1H3,(H,18,21,22). The first-order valence-corrected chi connectivity index (χ1v) is 7.20. The molecule has 3 aromatic rings. The van der Waals surface area contributed by atoms with Gasteiger partial charge in [0.25, 0.3) is 0 Å². The summed E-state index contributed by atoms with van der Waals surface area (Å²) >= 11 is 5.89. The number of aromatic nitrogens is 4. The van der Waals surface area contributed by atoms with E-state index in [1.165, 1.54) is 0 Å². The second-order valence-corrected chi connectivity index (χ2v) is 5.23. The lowest BCUT2D eigenvalue weighted by Gasteiger charge is -2.06. The fourth-order valence-corrected chi connectivity index (χ4v) is 2.13. The molecule has 0 saturated heterocycles. The zero-order chi connectivity index (χ0) is 15.4. The molecule has 0 bridgehead atoms. The monoisotopic (exact) mass is 311 g/mol. The van der Waals surface area contributed by atoms with Crippen LogP contribution in [-0.4, -0.2) is 20.2 Å². The molecule has 110 valence electrons.